The van der Waals surface area contributed by atoms with E-state index in [1.807, 2.05) is 6.08 Å². The minimum Gasteiger partial charge on any atom is -0.103 e. The molecule has 0 radical (unpaired) electrons. The van der Waals surface area contributed by atoms with E-state index in [2.05, 4.69) is 183 Å². The lowest BCUT2D eigenvalue weighted by molar-refractivity contribution is 1.29. The fourth-order valence-electron chi connectivity index (χ4n) is 7.94. The summed E-state index contributed by atoms with van der Waals surface area (Å²) in [6.07, 6.45) is 2.82. The number of hydrogen-bond donors (Lipinski definition) is 0. The molecule has 236 valence electrons. The molecule has 0 atom stereocenters. The van der Waals surface area contributed by atoms with Gasteiger partial charge in [0.15, 0.2) is 0 Å². The van der Waals surface area contributed by atoms with Gasteiger partial charge in [0.1, 0.15) is 0 Å². The third-order valence-corrected chi connectivity index (χ3v) is 10.2. The summed E-state index contributed by atoms with van der Waals surface area (Å²) in [7, 11) is 0. The molecule has 9 aromatic rings. The Morgan fingerprint density at radius 1 is 0.400 bits per heavy atom. The Kier molecular flexibility index (Phi) is 7.37. The van der Waals surface area contributed by atoms with Gasteiger partial charge >= 0.3 is 0 Å². The van der Waals surface area contributed by atoms with Crippen molar-refractivity contribution in [3.8, 4) is 44.5 Å². The summed E-state index contributed by atoms with van der Waals surface area (Å²) in [4.78, 5) is 0. The number of rotatable bonds is 6. The Morgan fingerprint density at radius 2 is 0.880 bits per heavy atom. The second-order valence-electron chi connectivity index (χ2n) is 13.4. The summed E-state index contributed by atoms with van der Waals surface area (Å²) >= 11 is 0. The van der Waals surface area contributed by atoms with Crippen molar-refractivity contribution in [2.24, 2.45) is 0 Å². The summed E-state index contributed by atoms with van der Waals surface area (Å²) in [6, 6.07) is 62.8. The number of fused-ring (bicyclic) bond motifs is 4. The van der Waals surface area contributed by atoms with Crippen molar-refractivity contribution >= 4 is 43.1 Å². The van der Waals surface area contributed by atoms with Crippen LogP contribution in [0.5, 0.6) is 0 Å². The third kappa shape index (κ3) is 5.09. The number of hydrogen-bond acceptors (Lipinski definition) is 0. The van der Waals surface area contributed by atoms with Gasteiger partial charge in [-0.2, -0.15) is 0 Å². The Bertz CT molecular complexity index is 2750. The van der Waals surface area contributed by atoms with Gasteiger partial charge in [0.25, 0.3) is 0 Å². The van der Waals surface area contributed by atoms with Crippen molar-refractivity contribution in [2.45, 2.75) is 13.3 Å². The molecule has 0 saturated carbocycles. The SMILES string of the molecule is C=CCc1ccc2c(-c3cccc(-c4cccc5ccccc45)c3)c3cc(C)ccc3c(-c3cccc(-c4cccc5ccccc45)c3)c2c1. The van der Waals surface area contributed by atoms with E-state index in [0.29, 0.717) is 0 Å². The summed E-state index contributed by atoms with van der Waals surface area (Å²) in [5.74, 6) is 0. The average Bonchev–Trinajstić information content (AvgIpc) is 3.16. The summed E-state index contributed by atoms with van der Waals surface area (Å²) < 4.78 is 0. The zero-order chi connectivity index (χ0) is 33.6. The Morgan fingerprint density at radius 3 is 1.46 bits per heavy atom. The lowest BCUT2D eigenvalue weighted by Crippen LogP contribution is -1.94. The molecule has 0 heterocycles. The number of benzene rings is 9. The highest BCUT2D eigenvalue weighted by Gasteiger charge is 2.19. The zero-order valence-electron chi connectivity index (χ0n) is 28.2. The maximum atomic E-state index is 4.07. The average molecular weight is 637 g/mol. The first-order valence-corrected chi connectivity index (χ1v) is 17.4. The third-order valence-electron chi connectivity index (χ3n) is 10.2. The van der Waals surface area contributed by atoms with Crippen LogP contribution in [0.4, 0.5) is 0 Å². The lowest BCUT2D eigenvalue weighted by Gasteiger charge is -2.20. The van der Waals surface area contributed by atoms with E-state index < -0.39 is 0 Å². The van der Waals surface area contributed by atoms with Crippen molar-refractivity contribution in [1.82, 2.24) is 0 Å². The number of aryl methyl sites for hydroxylation is 1. The first-order chi connectivity index (χ1) is 24.7. The van der Waals surface area contributed by atoms with Crippen molar-refractivity contribution in [3.63, 3.8) is 0 Å². The van der Waals surface area contributed by atoms with Crippen LogP contribution in [0.15, 0.2) is 183 Å². The van der Waals surface area contributed by atoms with Gasteiger partial charge in [0, 0.05) is 0 Å². The summed E-state index contributed by atoms with van der Waals surface area (Å²) in [6.45, 7) is 6.27. The monoisotopic (exact) mass is 636 g/mol. The molecule has 0 bridgehead atoms. The second-order valence-corrected chi connectivity index (χ2v) is 13.4. The fraction of sp³-hybridized carbons (Fsp3) is 0.0400. The van der Waals surface area contributed by atoms with Crippen LogP contribution in [0.25, 0.3) is 87.6 Å². The second kappa shape index (κ2) is 12.3. The van der Waals surface area contributed by atoms with Crippen molar-refractivity contribution in [1.29, 1.82) is 0 Å². The van der Waals surface area contributed by atoms with E-state index in [0.717, 1.165) is 6.42 Å². The molecular weight excluding hydrogens is 601 g/mol. The molecule has 0 heteroatoms. The van der Waals surface area contributed by atoms with Crippen molar-refractivity contribution in [3.05, 3.63) is 194 Å². The minimum absolute atomic E-state index is 0.823. The lowest BCUT2D eigenvalue weighted by atomic mass is 9.83. The van der Waals surface area contributed by atoms with Gasteiger partial charge in [-0.05, 0) is 119 Å². The molecule has 0 spiro atoms. The molecule has 0 aromatic heterocycles. The maximum absolute atomic E-state index is 4.07. The molecule has 0 aliphatic heterocycles. The van der Waals surface area contributed by atoms with Gasteiger partial charge in [-0.25, -0.2) is 0 Å². The molecule has 0 amide bonds. The molecule has 0 fully saturated rings. The predicted octanol–water partition coefficient (Wildman–Crippen LogP) is 14.0. The van der Waals surface area contributed by atoms with Crippen LogP contribution in [-0.2, 0) is 6.42 Å². The quantitative estimate of drug-likeness (QED) is 0.126. The molecule has 0 unspecified atom stereocenters. The van der Waals surface area contributed by atoms with Gasteiger partial charge in [-0.3, -0.25) is 0 Å². The largest absolute Gasteiger partial charge is 0.103 e. The van der Waals surface area contributed by atoms with Crippen LogP contribution in [-0.4, -0.2) is 0 Å². The Hall–Kier alpha value is -6.24. The van der Waals surface area contributed by atoms with E-state index in [9.17, 15) is 0 Å². The molecule has 50 heavy (non-hydrogen) atoms. The normalized spacial score (nSPS) is 11.5. The topological polar surface area (TPSA) is 0 Å². The van der Waals surface area contributed by atoms with E-state index >= 15 is 0 Å². The van der Waals surface area contributed by atoms with Crippen LogP contribution in [0.3, 0.4) is 0 Å². The van der Waals surface area contributed by atoms with Crippen LogP contribution < -0.4 is 0 Å². The highest BCUT2D eigenvalue weighted by molar-refractivity contribution is 6.22. The predicted molar refractivity (Wildman–Crippen MR) is 217 cm³/mol. The Labute approximate surface area is 293 Å². The van der Waals surface area contributed by atoms with E-state index in [4.69, 9.17) is 0 Å². The van der Waals surface area contributed by atoms with Gasteiger partial charge < -0.3 is 0 Å². The van der Waals surface area contributed by atoms with Gasteiger partial charge in [0.2, 0.25) is 0 Å². The van der Waals surface area contributed by atoms with Crippen molar-refractivity contribution < 1.29 is 0 Å². The molecule has 9 aromatic carbocycles. The molecular formula is C50H36. The Balaban J connectivity index is 1.33. The molecule has 0 aliphatic carbocycles. The molecule has 0 nitrogen and oxygen atoms in total. The highest BCUT2D eigenvalue weighted by Crippen LogP contribution is 2.46. The van der Waals surface area contributed by atoms with Gasteiger partial charge in [-0.15, -0.1) is 6.58 Å². The molecule has 0 aliphatic rings. The van der Waals surface area contributed by atoms with Crippen molar-refractivity contribution in [2.75, 3.05) is 0 Å². The van der Waals surface area contributed by atoms with Gasteiger partial charge in [-0.1, -0.05) is 169 Å². The summed E-state index contributed by atoms with van der Waals surface area (Å²) in [5, 5.41) is 10.1. The number of allylic oxidation sites excluding steroid dienone is 1. The molecule has 0 saturated heterocycles. The summed E-state index contributed by atoms with van der Waals surface area (Å²) in [5.41, 5.74) is 12.5. The van der Waals surface area contributed by atoms with Crippen LogP contribution in [0.2, 0.25) is 0 Å². The maximum Gasteiger partial charge on any atom is -0.00260 e. The first kappa shape index (κ1) is 29.9. The van der Waals surface area contributed by atoms with Crippen LogP contribution in [0.1, 0.15) is 11.1 Å². The zero-order valence-corrected chi connectivity index (χ0v) is 28.2. The van der Waals surface area contributed by atoms with E-state index in [1.54, 1.807) is 0 Å². The van der Waals surface area contributed by atoms with Crippen LogP contribution >= 0.6 is 0 Å². The molecule has 0 N–H and O–H groups in total. The molecule has 9 rings (SSSR count). The first-order valence-electron chi connectivity index (χ1n) is 17.4. The van der Waals surface area contributed by atoms with Gasteiger partial charge in [0.05, 0.1) is 0 Å². The van der Waals surface area contributed by atoms with E-state index in [-0.39, 0.29) is 0 Å². The smallest absolute Gasteiger partial charge is 0.00260 e. The standard InChI is InChI=1S/C50H36/c1-3-12-34-26-28-46-48(30-34)50(40-20-9-18-38(32-40)44-24-11-16-36-14-5-7-22-42(36)44)45-27-25-33(2)29-47(45)49(46)39-19-8-17-37(31-39)43-23-10-15-35-13-4-6-21-41(35)43/h3-11,13-32H,1,12H2,2H3. The minimum atomic E-state index is 0.823. The fourth-order valence-corrected chi connectivity index (χ4v) is 7.94. The highest BCUT2D eigenvalue weighted by atomic mass is 14.2. The van der Waals surface area contributed by atoms with E-state index in [1.165, 1.54) is 98.7 Å². The van der Waals surface area contributed by atoms with Crippen LogP contribution in [0, 0.1) is 6.92 Å².